The first-order valence-electron chi connectivity index (χ1n) is 9.33. The highest BCUT2D eigenvalue weighted by Gasteiger charge is 2.57. The second kappa shape index (κ2) is 5.44. The molecule has 3 nitrogen and oxygen atoms in total. The van der Waals surface area contributed by atoms with Gasteiger partial charge in [0.05, 0.1) is 5.52 Å². The molecule has 0 spiro atoms. The van der Waals surface area contributed by atoms with Crippen LogP contribution >= 0.6 is 11.6 Å². The van der Waals surface area contributed by atoms with Crippen LogP contribution in [0.15, 0.2) is 30.5 Å². The van der Waals surface area contributed by atoms with E-state index in [2.05, 4.69) is 10.3 Å². The molecule has 4 fully saturated rings. The summed E-state index contributed by atoms with van der Waals surface area (Å²) in [5.74, 6) is 1.50. The molecule has 2 unspecified atom stereocenters. The molecule has 0 radical (unpaired) electrons. The van der Waals surface area contributed by atoms with Crippen LogP contribution in [0, 0.1) is 22.7 Å². The molecule has 25 heavy (non-hydrogen) atoms. The first-order valence-corrected chi connectivity index (χ1v) is 9.71. The van der Waals surface area contributed by atoms with Crippen LogP contribution < -0.4 is 5.32 Å². The Hall–Kier alpha value is -1.61. The van der Waals surface area contributed by atoms with E-state index in [-0.39, 0.29) is 10.8 Å². The third-order valence-corrected chi connectivity index (χ3v) is 7.07. The molecule has 1 heterocycles. The zero-order chi connectivity index (χ0) is 17.1. The summed E-state index contributed by atoms with van der Waals surface area (Å²) in [6.45, 7) is 0.956. The third-order valence-electron chi connectivity index (χ3n) is 6.84. The zero-order valence-electron chi connectivity index (χ0n) is 14.3. The molecule has 0 aliphatic heterocycles. The quantitative estimate of drug-likeness (QED) is 0.778. The van der Waals surface area contributed by atoms with E-state index < -0.39 is 0 Å². The number of nitrogens with zero attached hydrogens (tertiary/aromatic N) is 1. The van der Waals surface area contributed by atoms with Gasteiger partial charge in [0.2, 0.25) is 0 Å². The SMILES string of the molecule is O=CC12CC3CC(C1)CC(CNc1ccnc4cc(Cl)ccc14)(C3)C2. The van der Waals surface area contributed by atoms with Crippen LogP contribution in [0.25, 0.3) is 10.9 Å². The zero-order valence-corrected chi connectivity index (χ0v) is 15.1. The lowest BCUT2D eigenvalue weighted by molar-refractivity contribution is -0.140. The number of halogens is 1. The average molecular weight is 355 g/mol. The molecule has 4 saturated carbocycles. The molecule has 0 amide bonds. The minimum Gasteiger partial charge on any atom is -0.384 e. The maximum absolute atomic E-state index is 11.8. The lowest BCUT2D eigenvalue weighted by Gasteiger charge is -2.60. The van der Waals surface area contributed by atoms with E-state index in [0.29, 0.717) is 5.02 Å². The average Bonchev–Trinajstić information content (AvgIpc) is 2.58. The van der Waals surface area contributed by atoms with Crippen molar-refractivity contribution in [3.8, 4) is 0 Å². The number of aldehydes is 1. The van der Waals surface area contributed by atoms with Crippen molar-refractivity contribution in [1.82, 2.24) is 4.98 Å². The van der Waals surface area contributed by atoms with Gasteiger partial charge < -0.3 is 10.1 Å². The van der Waals surface area contributed by atoms with E-state index in [4.69, 9.17) is 11.6 Å². The van der Waals surface area contributed by atoms with Gasteiger partial charge in [0, 0.05) is 34.3 Å². The van der Waals surface area contributed by atoms with E-state index in [9.17, 15) is 4.79 Å². The van der Waals surface area contributed by atoms with E-state index in [1.165, 1.54) is 25.5 Å². The number of carbonyl (C=O) groups is 1. The molecule has 130 valence electrons. The predicted molar refractivity (Wildman–Crippen MR) is 101 cm³/mol. The smallest absolute Gasteiger partial charge is 0.126 e. The molecular weight excluding hydrogens is 332 g/mol. The van der Waals surface area contributed by atoms with Gasteiger partial charge in [0.15, 0.2) is 0 Å². The van der Waals surface area contributed by atoms with Crippen molar-refractivity contribution in [1.29, 1.82) is 0 Å². The van der Waals surface area contributed by atoms with Gasteiger partial charge in [0.25, 0.3) is 0 Å². The van der Waals surface area contributed by atoms with Crippen molar-refractivity contribution in [2.75, 3.05) is 11.9 Å². The predicted octanol–water partition coefficient (Wildman–Crippen LogP) is 5.09. The fourth-order valence-electron chi connectivity index (χ4n) is 6.43. The maximum atomic E-state index is 11.8. The monoisotopic (exact) mass is 354 g/mol. The number of hydrogen-bond acceptors (Lipinski definition) is 3. The van der Waals surface area contributed by atoms with Gasteiger partial charge in [-0.25, -0.2) is 0 Å². The minimum absolute atomic E-state index is 0.0282. The van der Waals surface area contributed by atoms with Gasteiger partial charge in [-0.2, -0.15) is 0 Å². The standard InChI is InChI=1S/C21H23ClN2O/c22-16-1-2-17-18(3-4-23-19(17)6-16)24-12-20-7-14-5-15(8-20)10-21(9-14,11-20)13-25/h1-4,6,13-15H,5,7-12H2,(H,23,24). The molecule has 6 rings (SSSR count). The Balaban J connectivity index is 1.42. The largest absolute Gasteiger partial charge is 0.384 e. The Morgan fingerprint density at radius 2 is 2.00 bits per heavy atom. The number of rotatable bonds is 4. The van der Waals surface area contributed by atoms with Crippen LogP contribution in [-0.2, 0) is 4.79 Å². The van der Waals surface area contributed by atoms with Crippen LogP contribution in [-0.4, -0.2) is 17.8 Å². The lowest BCUT2D eigenvalue weighted by Crippen LogP contribution is -2.54. The third kappa shape index (κ3) is 2.55. The fourth-order valence-corrected chi connectivity index (χ4v) is 6.60. The number of pyridine rings is 1. The first-order chi connectivity index (χ1) is 12.1. The highest BCUT2D eigenvalue weighted by Crippen LogP contribution is 2.64. The van der Waals surface area contributed by atoms with E-state index in [1.54, 1.807) is 0 Å². The van der Waals surface area contributed by atoms with Crippen LogP contribution in [0.4, 0.5) is 5.69 Å². The van der Waals surface area contributed by atoms with Crippen LogP contribution in [0.1, 0.15) is 38.5 Å². The van der Waals surface area contributed by atoms with Gasteiger partial charge in [0.1, 0.15) is 6.29 Å². The number of hydrogen-bond donors (Lipinski definition) is 1. The Morgan fingerprint density at radius 1 is 1.20 bits per heavy atom. The van der Waals surface area contributed by atoms with Crippen LogP contribution in [0.3, 0.4) is 0 Å². The number of nitrogens with one attached hydrogen (secondary N) is 1. The summed E-state index contributed by atoms with van der Waals surface area (Å²) in [6.07, 6.45) is 10.4. The second-order valence-corrected chi connectivity index (χ2v) is 9.25. The lowest BCUT2D eigenvalue weighted by atomic mass is 9.44. The van der Waals surface area contributed by atoms with Gasteiger partial charge in [-0.3, -0.25) is 4.98 Å². The van der Waals surface area contributed by atoms with E-state index >= 15 is 0 Å². The summed E-state index contributed by atoms with van der Waals surface area (Å²) in [5, 5.41) is 5.53. The van der Waals surface area contributed by atoms with Gasteiger partial charge in [-0.1, -0.05) is 11.6 Å². The molecule has 2 atom stereocenters. The molecule has 4 bridgehead atoms. The highest BCUT2D eigenvalue weighted by atomic mass is 35.5. The highest BCUT2D eigenvalue weighted by molar-refractivity contribution is 6.31. The summed E-state index contributed by atoms with van der Waals surface area (Å²) < 4.78 is 0. The van der Waals surface area contributed by atoms with Gasteiger partial charge >= 0.3 is 0 Å². The second-order valence-electron chi connectivity index (χ2n) is 8.81. The molecule has 1 aromatic carbocycles. The molecular formula is C21H23ClN2O. The number of fused-ring (bicyclic) bond motifs is 1. The molecule has 1 aromatic heterocycles. The Morgan fingerprint density at radius 3 is 2.76 bits per heavy atom. The summed E-state index contributed by atoms with van der Waals surface area (Å²) in [6, 6.07) is 7.92. The van der Waals surface area contributed by atoms with Crippen LogP contribution in [0.5, 0.6) is 0 Å². The van der Waals surface area contributed by atoms with E-state index in [1.807, 2.05) is 30.5 Å². The van der Waals surface area contributed by atoms with Gasteiger partial charge in [-0.15, -0.1) is 0 Å². The Bertz CT molecular complexity index is 835. The van der Waals surface area contributed by atoms with E-state index in [0.717, 1.165) is 54.2 Å². The van der Waals surface area contributed by atoms with Crippen molar-refractivity contribution in [2.24, 2.45) is 22.7 Å². The Kier molecular flexibility index (Phi) is 3.40. The summed E-state index contributed by atoms with van der Waals surface area (Å²) >= 11 is 6.10. The normalized spacial score (nSPS) is 35.9. The summed E-state index contributed by atoms with van der Waals surface area (Å²) in [5.41, 5.74) is 2.30. The minimum atomic E-state index is -0.0282. The Labute approximate surface area is 153 Å². The van der Waals surface area contributed by atoms with Crippen molar-refractivity contribution in [2.45, 2.75) is 38.5 Å². The first kappa shape index (κ1) is 15.6. The van der Waals surface area contributed by atoms with Gasteiger partial charge in [-0.05, 0) is 80.0 Å². The molecule has 4 aliphatic carbocycles. The van der Waals surface area contributed by atoms with Crippen molar-refractivity contribution < 1.29 is 4.79 Å². The van der Waals surface area contributed by atoms with Crippen molar-refractivity contribution in [3.63, 3.8) is 0 Å². The summed E-state index contributed by atoms with van der Waals surface area (Å²) in [7, 11) is 0. The topological polar surface area (TPSA) is 42.0 Å². The molecule has 1 N–H and O–H groups in total. The molecule has 2 aromatic rings. The molecule has 4 aliphatic rings. The van der Waals surface area contributed by atoms with Crippen molar-refractivity contribution in [3.05, 3.63) is 35.5 Å². The number of aromatic nitrogens is 1. The maximum Gasteiger partial charge on any atom is 0.126 e. The molecule has 0 saturated heterocycles. The number of carbonyl (C=O) groups excluding carboxylic acids is 1. The van der Waals surface area contributed by atoms with Crippen LogP contribution in [0.2, 0.25) is 5.02 Å². The number of benzene rings is 1. The number of anilines is 1. The summed E-state index contributed by atoms with van der Waals surface area (Å²) in [4.78, 5) is 16.3. The fraction of sp³-hybridized carbons (Fsp3) is 0.524. The molecule has 4 heteroatoms. The van der Waals surface area contributed by atoms with Crippen molar-refractivity contribution >= 4 is 34.5 Å².